The van der Waals surface area contributed by atoms with Gasteiger partial charge < -0.3 is 9.32 Å². The molecule has 1 fully saturated rings. The van der Waals surface area contributed by atoms with Gasteiger partial charge in [-0.05, 0) is 48.9 Å². The first-order valence-electron chi connectivity index (χ1n) is 12.5. The molecule has 0 saturated heterocycles. The van der Waals surface area contributed by atoms with E-state index in [-0.39, 0.29) is 16.7 Å². The highest BCUT2D eigenvalue weighted by molar-refractivity contribution is 6.48. The van der Waals surface area contributed by atoms with E-state index in [4.69, 9.17) is 9.41 Å². The van der Waals surface area contributed by atoms with E-state index < -0.39 is 17.6 Å². The number of nitrogens with zero attached hydrogens (tertiary/aromatic N) is 2. The lowest BCUT2D eigenvalue weighted by atomic mass is 9.82. The van der Waals surface area contributed by atoms with Gasteiger partial charge >= 0.3 is 0 Å². The van der Waals surface area contributed by atoms with E-state index in [1.807, 2.05) is 18.3 Å². The summed E-state index contributed by atoms with van der Waals surface area (Å²) in [7, 11) is 0. The Balaban J connectivity index is 1.41. The largest absolute Gasteiger partial charge is 0.464 e. The van der Waals surface area contributed by atoms with Crippen LogP contribution >= 0.6 is 0 Å². The molecule has 6 nitrogen and oxygen atoms in total. The summed E-state index contributed by atoms with van der Waals surface area (Å²) in [5.74, 6) is -1.03. The zero-order valence-corrected chi connectivity index (χ0v) is 19.6. The van der Waals surface area contributed by atoms with Crippen molar-refractivity contribution in [2.75, 3.05) is 4.90 Å². The molecule has 7 heteroatoms. The number of fused-ring (bicyclic) bond motifs is 1. The summed E-state index contributed by atoms with van der Waals surface area (Å²) in [5.41, 5.74) is 4.31. The molecule has 4 aliphatic rings. The molecule has 36 heavy (non-hydrogen) atoms. The van der Waals surface area contributed by atoms with E-state index in [1.54, 1.807) is 12.3 Å². The van der Waals surface area contributed by atoms with Gasteiger partial charge in [0.2, 0.25) is 0 Å². The van der Waals surface area contributed by atoms with Crippen molar-refractivity contribution in [2.24, 2.45) is 10.9 Å². The Hall–Kier alpha value is -4.00. The van der Waals surface area contributed by atoms with Crippen LogP contribution in [-0.4, -0.2) is 23.6 Å². The number of benzene rings is 2. The van der Waals surface area contributed by atoms with Crippen molar-refractivity contribution >= 4 is 39.8 Å². The van der Waals surface area contributed by atoms with Gasteiger partial charge in [-0.1, -0.05) is 37.5 Å². The predicted molar refractivity (Wildman–Crippen MR) is 135 cm³/mol. The van der Waals surface area contributed by atoms with Gasteiger partial charge in [0.1, 0.15) is 11.4 Å². The number of halogens is 1. The molecule has 4 heterocycles. The number of hydrogen-bond acceptors (Lipinski definition) is 5. The van der Waals surface area contributed by atoms with Crippen LogP contribution in [0.1, 0.15) is 48.8 Å². The fraction of sp³-hybridized carbons (Fsp3) is 0.276. The number of rotatable bonds is 3. The highest BCUT2D eigenvalue weighted by atomic mass is 19.1. The first-order valence-corrected chi connectivity index (χ1v) is 12.5. The molecule has 2 aromatic carbocycles. The molecule has 1 aliphatic carbocycles. The maximum Gasteiger partial charge on any atom is 0.261 e. The molecule has 180 valence electrons. The number of amides is 2. The fourth-order valence-electron chi connectivity index (χ4n) is 6.46. The van der Waals surface area contributed by atoms with E-state index in [0.717, 1.165) is 17.7 Å². The minimum atomic E-state index is -0.584. The molecule has 1 atom stereocenters. The van der Waals surface area contributed by atoms with Gasteiger partial charge in [0.25, 0.3) is 11.8 Å². The first-order chi connectivity index (χ1) is 17.6. The highest BCUT2D eigenvalue weighted by Crippen LogP contribution is 2.44. The molecule has 7 rings (SSSR count). The molecular weight excluding hydrogens is 457 g/mol. The Kier molecular flexibility index (Phi) is 4.74. The molecular formula is C29H24FN3O3. The molecule has 1 saturated carbocycles. The standard InChI is InChI=1S/C29H24FN3O3/c30-19-13-18-9-12-36-27(18)21(15-19)23-24(29(35)32-28(23)34)25-20-8-4-7-17-14-22(16-5-2-1-3-6-16)33(26(17)20)11-10-31-25/h4,7-13,15-16,22H,1-3,5-6,14H2,(H,32,34,35). The molecule has 0 radical (unpaired) electrons. The molecule has 1 unspecified atom stereocenters. The first kappa shape index (κ1) is 21.3. The van der Waals surface area contributed by atoms with Crippen LogP contribution in [0.25, 0.3) is 16.5 Å². The zero-order valence-electron chi connectivity index (χ0n) is 19.6. The van der Waals surface area contributed by atoms with Crippen LogP contribution in [0, 0.1) is 11.7 Å². The van der Waals surface area contributed by atoms with E-state index in [9.17, 15) is 14.0 Å². The van der Waals surface area contributed by atoms with Crippen LogP contribution in [0.15, 0.2) is 70.0 Å². The van der Waals surface area contributed by atoms with E-state index >= 15 is 0 Å². The number of carbonyl (C=O) groups excluding carboxylic acids is 2. The van der Waals surface area contributed by atoms with E-state index in [2.05, 4.69) is 16.3 Å². The third kappa shape index (κ3) is 3.11. The Morgan fingerprint density at radius 3 is 2.69 bits per heavy atom. The predicted octanol–water partition coefficient (Wildman–Crippen LogP) is 5.27. The molecule has 1 aromatic heterocycles. The highest BCUT2D eigenvalue weighted by Gasteiger charge is 2.41. The maximum absolute atomic E-state index is 14.5. The number of para-hydroxylation sites is 1. The maximum atomic E-state index is 14.5. The number of carbonyl (C=O) groups is 2. The molecule has 0 bridgehead atoms. The van der Waals surface area contributed by atoms with Crippen LogP contribution in [0.2, 0.25) is 0 Å². The second-order valence-electron chi connectivity index (χ2n) is 9.99. The normalized spacial score (nSPS) is 21.8. The van der Waals surface area contributed by atoms with Gasteiger partial charge in [0, 0.05) is 35.0 Å². The number of furan rings is 1. The topological polar surface area (TPSA) is 74.9 Å². The quantitative estimate of drug-likeness (QED) is 0.518. The average molecular weight is 482 g/mol. The zero-order chi connectivity index (χ0) is 24.4. The van der Waals surface area contributed by atoms with Crippen LogP contribution < -0.4 is 10.2 Å². The SMILES string of the molecule is O=C1NC(=O)C(c2cc(F)cc3ccoc23)=C1C1=NC=CN2c3c(cccc31)CC2C1CCCCC1. The molecule has 0 spiro atoms. The van der Waals surface area contributed by atoms with Crippen molar-refractivity contribution in [1.29, 1.82) is 0 Å². The van der Waals surface area contributed by atoms with E-state index in [1.165, 1.54) is 56.1 Å². The minimum Gasteiger partial charge on any atom is -0.464 e. The second kappa shape index (κ2) is 8.01. The van der Waals surface area contributed by atoms with Crippen molar-refractivity contribution < 1.29 is 18.4 Å². The molecule has 2 amide bonds. The Morgan fingerprint density at radius 1 is 1.00 bits per heavy atom. The van der Waals surface area contributed by atoms with E-state index in [0.29, 0.717) is 28.6 Å². The summed E-state index contributed by atoms with van der Waals surface area (Å²) in [5, 5.41) is 2.93. The van der Waals surface area contributed by atoms with Crippen molar-refractivity contribution in [3.05, 3.63) is 83.1 Å². The lowest BCUT2D eigenvalue weighted by molar-refractivity contribution is -0.123. The van der Waals surface area contributed by atoms with Crippen LogP contribution in [-0.2, 0) is 16.0 Å². The average Bonchev–Trinajstić information content (AvgIpc) is 3.53. The van der Waals surface area contributed by atoms with Gasteiger partial charge in [-0.2, -0.15) is 0 Å². The van der Waals surface area contributed by atoms with Crippen molar-refractivity contribution in [3.63, 3.8) is 0 Å². The monoisotopic (exact) mass is 481 g/mol. The summed E-state index contributed by atoms with van der Waals surface area (Å²) < 4.78 is 20.1. The lowest BCUT2D eigenvalue weighted by Gasteiger charge is -2.33. The van der Waals surface area contributed by atoms with Gasteiger partial charge in [-0.15, -0.1) is 0 Å². The van der Waals surface area contributed by atoms with Crippen molar-refractivity contribution in [3.8, 4) is 0 Å². The Morgan fingerprint density at radius 2 is 1.83 bits per heavy atom. The molecule has 3 aromatic rings. The lowest BCUT2D eigenvalue weighted by Crippen LogP contribution is -2.36. The van der Waals surface area contributed by atoms with Gasteiger partial charge in [-0.3, -0.25) is 19.9 Å². The number of imide groups is 1. The smallest absolute Gasteiger partial charge is 0.261 e. The van der Waals surface area contributed by atoms with Gasteiger partial charge in [0.15, 0.2) is 0 Å². The summed E-state index contributed by atoms with van der Waals surface area (Å²) in [6.07, 6.45) is 12.4. The molecule has 3 aliphatic heterocycles. The Labute approximate surface area is 207 Å². The summed E-state index contributed by atoms with van der Waals surface area (Å²) in [6, 6.07) is 10.7. The number of nitrogens with one attached hydrogen (secondary N) is 1. The summed E-state index contributed by atoms with van der Waals surface area (Å²) in [4.78, 5) is 33.3. The van der Waals surface area contributed by atoms with Crippen molar-refractivity contribution in [1.82, 2.24) is 5.32 Å². The van der Waals surface area contributed by atoms with Crippen molar-refractivity contribution in [2.45, 2.75) is 44.6 Å². The van der Waals surface area contributed by atoms with Gasteiger partial charge in [0.05, 0.1) is 28.8 Å². The van der Waals surface area contributed by atoms with Crippen LogP contribution in [0.3, 0.4) is 0 Å². The summed E-state index contributed by atoms with van der Waals surface area (Å²) in [6.45, 7) is 0. The summed E-state index contributed by atoms with van der Waals surface area (Å²) >= 11 is 0. The third-order valence-electron chi connectivity index (χ3n) is 8.00. The number of aliphatic imine (C=N–C) groups is 1. The number of anilines is 1. The minimum absolute atomic E-state index is 0.0829. The Bertz CT molecular complexity index is 1540. The molecule has 1 N–H and O–H groups in total. The fourth-order valence-corrected chi connectivity index (χ4v) is 6.46. The number of hydrogen-bond donors (Lipinski definition) is 1. The van der Waals surface area contributed by atoms with Crippen LogP contribution in [0.5, 0.6) is 0 Å². The second-order valence-corrected chi connectivity index (χ2v) is 9.99. The third-order valence-corrected chi connectivity index (χ3v) is 8.00. The van der Waals surface area contributed by atoms with Gasteiger partial charge in [-0.25, -0.2) is 4.39 Å². The van der Waals surface area contributed by atoms with Crippen LogP contribution in [0.4, 0.5) is 10.1 Å².